The summed E-state index contributed by atoms with van der Waals surface area (Å²) in [5.41, 5.74) is 0. The Morgan fingerprint density at radius 3 is 1.76 bits per heavy atom. The molecule has 0 N–H and O–H groups in total. The Morgan fingerprint density at radius 1 is 0.941 bits per heavy atom. The van der Waals surface area contributed by atoms with Gasteiger partial charge in [0, 0.05) is 5.82 Å². The molecule has 0 aromatic heterocycles. The maximum absolute atomic E-state index is 11.9. The Morgan fingerprint density at radius 2 is 1.47 bits per heavy atom. The molecule has 3 heteroatoms. The van der Waals surface area contributed by atoms with E-state index in [0.717, 1.165) is 0 Å². The number of rotatable bonds is 1. The summed E-state index contributed by atoms with van der Waals surface area (Å²) in [5, 5.41) is 1.48. The predicted molar refractivity (Wildman–Crippen MR) is 70.1 cm³/mol. The third-order valence-electron chi connectivity index (χ3n) is 1.95. The molecule has 0 nitrogen and oxygen atoms in total. The second-order valence-corrected chi connectivity index (χ2v) is 5.75. The fourth-order valence-corrected chi connectivity index (χ4v) is 1.86. The standard InChI is InChI=1S/C8H11P.C6H4F.Au/c1-9(2)8-6-4-3-5-7-8;7-6-4-2-1-3-5-6;/h3-7H,1-2H3;2-5H;/q;-1;+1. The normalized spacial score (nSPS) is 8.94. The van der Waals surface area contributed by atoms with Crippen LogP contribution in [0.25, 0.3) is 0 Å². The molecule has 0 aliphatic rings. The SMILES string of the molecule is CP(C)c1ccccc1.Fc1cc[c-]cc1.[Au+]. The van der Waals surface area contributed by atoms with E-state index < -0.39 is 0 Å². The van der Waals surface area contributed by atoms with Crippen LogP contribution in [0.2, 0.25) is 0 Å². The first-order valence-electron chi connectivity index (χ1n) is 5.04. The van der Waals surface area contributed by atoms with Crippen LogP contribution in [-0.2, 0) is 22.4 Å². The van der Waals surface area contributed by atoms with E-state index in [2.05, 4.69) is 49.7 Å². The second kappa shape index (κ2) is 9.56. The average molecular weight is 430 g/mol. The van der Waals surface area contributed by atoms with E-state index in [4.69, 9.17) is 0 Å². The van der Waals surface area contributed by atoms with Crippen LogP contribution in [0.4, 0.5) is 4.39 Å². The molecule has 0 unspecified atom stereocenters. The third-order valence-corrected chi connectivity index (χ3v) is 3.28. The molecule has 0 amide bonds. The molecule has 0 saturated carbocycles. The van der Waals surface area contributed by atoms with Crippen LogP contribution in [-0.4, -0.2) is 13.3 Å². The molecule has 17 heavy (non-hydrogen) atoms. The van der Waals surface area contributed by atoms with Gasteiger partial charge in [0.2, 0.25) is 0 Å². The molecule has 0 heterocycles. The largest absolute Gasteiger partial charge is 1.00 e. The average Bonchev–Trinajstić information content (AvgIpc) is 2.32. The minimum Gasteiger partial charge on any atom is -0.236 e. The predicted octanol–water partition coefficient (Wildman–Crippen LogP) is 3.68. The summed E-state index contributed by atoms with van der Waals surface area (Å²) in [6.07, 6.45) is 0. The smallest absolute Gasteiger partial charge is 0.236 e. The maximum atomic E-state index is 11.9. The van der Waals surface area contributed by atoms with Gasteiger partial charge >= 0.3 is 22.4 Å². The van der Waals surface area contributed by atoms with E-state index in [0.29, 0.717) is 0 Å². The van der Waals surface area contributed by atoms with Gasteiger partial charge < -0.3 is 0 Å². The Kier molecular flexibility index (Phi) is 9.30. The maximum Gasteiger partial charge on any atom is 1.00 e. The Labute approximate surface area is 120 Å². The van der Waals surface area contributed by atoms with Gasteiger partial charge in [-0.3, -0.25) is 0 Å². The Hall–Kier alpha value is -0.460. The van der Waals surface area contributed by atoms with Crippen molar-refractivity contribution in [2.45, 2.75) is 0 Å². The molecule has 0 bridgehead atoms. The zero-order valence-corrected chi connectivity index (χ0v) is 12.9. The van der Waals surface area contributed by atoms with Gasteiger partial charge in [0.15, 0.2) is 0 Å². The summed E-state index contributed by atoms with van der Waals surface area (Å²) in [4.78, 5) is 0. The molecular weight excluding hydrogens is 415 g/mol. The molecule has 0 atom stereocenters. The molecule has 94 valence electrons. The van der Waals surface area contributed by atoms with Crippen LogP contribution in [0, 0.1) is 11.9 Å². The quantitative estimate of drug-likeness (QED) is 0.368. The molecule has 2 rings (SSSR count). The Bertz CT molecular complexity index is 389. The molecule has 0 aliphatic heterocycles. The Balaban J connectivity index is 0.000000292. The number of benzene rings is 2. The molecule has 0 spiro atoms. The molecule has 0 radical (unpaired) electrons. The van der Waals surface area contributed by atoms with Gasteiger partial charge in [-0.2, -0.15) is 18.2 Å². The van der Waals surface area contributed by atoms with E-state index in [1.807, 2.05) is 0 Å². The third kappa shape index (κ3) is 7.46. The first-order chi connectivity index (χ1) is 7.70. The van der Waals surface area contributed by atoms with Gasteiger partial charge in [0.1, 0.15) is 0 Å². The van der Waals surface area contributed by atoms with Gasteiger partial charge in [0.25, 0.3) is 0 Å². The second-order valence-electron chi connectivity index (χ2n) is 3.45. The van der Waals surface area contributed by atoms with Crippen molar-refractivity contribution in [3.05, 3.63) is 66.5 Å². The van der Waals surface area contributed by atoms with Gasteiger partial charge in [-0.15, -0.1) is 12.1 Å². The van der Waals surface area contributed by atoms with Crippen LogP contribution in [0.1, 0.15) is 0 Å². The van der Waals surface area contributed by atoms with Crippen molar-refractivity contribution < 1.29 is 26.8 Å². The van der Waals surface area contributed by atoms with Gasteiger partial charge in [-0.05, 0) is 18.6 Å². The summed E-state index contributed by atoms with van der Waals surface area (Å²) in [6.45, 7) is 4.54. The van der Waals surface area contributed by atoms with Crippen molar-refractivity contribution in [1.82, 2.24) is 0 Å². The van der Waals surface area contributed by atoms with E-state index in [1.165, 1.54) is 29.6 Å². The summed E-state index contributed by atoms with van der Waals surface area (Å²) in [7, 11) is 0.104. The first-order valence-corrected chi connectivity index (χ1v) is 7.28. The van der Waals surface area contributed by atoms with Crippen LogP contribution >= 0.6 is 7.92 Å². The molecule has 0 fully saturated rings. The van der Waals surface area contributed by atoms with E-state index >= 15 is 0 Å². The van der Waals surface area contributed by atoms with E-state index in [-0.39, 0.29) is 36.1 Å². The molecule has 0 aliphatic carbocycles. The van der Waals surface area contributed by atoms with E-state index in [1.54, 1.807) is 0 Å². The van der Waals surface area contributed by atoms with Crippen molar-refractivity contribution in [3.63, 3.8) is 0 Å². The number of hydrogen-bond donors (Lipinski definition) is 0. The topological polar surface area (TPSA) is 0 Å². The minimum atomic E-state index is -0.209. The number of halogens is 1. The van der Waals surface area contributed by atoms with Gasteiger partial charge in [-0.25, -0.2) is 4.39 Å². The molecular formula is C14H15AuFP. The van der Waals surface area contributed by atoms with Crippen LogP contribution < -0.4 is 5.30 Å². The first kappa shape index (κ1) is 16.5. The summed E-state index contributed by atoms with van der Waals surface area (Å²) in [5.74, 6) is -0.209. The van der Waals surface area contributed by atoms with Gasteiger partial charge in [0.05, 0.1) is 0 Å². The number of hydrogen-bond acceptors (Lipinski definition) is 0. The van der Waals surface area contributed by atoms with Gasteiger partial charge in [-0.1, -0.05) is 38.3 Å². The fourth-order valence-electron chi connectivity index (χ4n) is 1.09. The zero-order chi connectivity index (χ0) is 11.8. The minimum absolute atomic E-state index is 0. The van der Waals surface area contributed by atoms with Crippen molar-refractivity contribution in [2.75, 3.05) is 13.3 Å². The molecule has 2 aromatic rings. The van der Waals surface area contributed by atoms with Crippen LogP contribution in [0.15, 0.2) is 54.6 Å². The van der Waals surface area contributed by atoms with Crippen LogP contribution in [0.5, 0.6) is 0 Å². The monoisotopic (exact) mass is 430 g/mol. The van der Waals surface area contributed by atoms with Crippen LogP contribution in [0.3, 0.4) is 0 Å². The van der Waals surface area contributed by atoms with Crippen molar-refractivity contribution in [1.29, 1.82) is 0 Å². The van der Waals surface area contributed by atoms with Crippen molar-refractivity contribution in [3.8, 4) is 0 Å². The molecule has 0 saturated heterocycles. The van der Waals surface area contributed by atoms with Crippen molar-refractivity contribution in [2.24, 2.45) is 0 Å². The summed E-state index contributed by atoms with van der Waals surface area (Å²) >= 11 is 0. The zero-order valence-electron chi connectivity index (χ0n) is 9.82. The fraction of sp³-hybridized carbons (Fsp3) is 0.143. The summed E-state index contributed by atoms with van der Waals surface area (Å²) < 4.78 is 11.9. The summed E-state index contributed by atoms with van der Waals surface area (Å²) in [6, 6.07) is 19.1. The van der Waals surface area contributed by atoms with E-state index in [9.17, 15) is 4.39 Å². The molecule has 2 aromatic carbocycles. The van der Waals surface area contributed by atoms with Crippen molar-refractivity contribution >= 4 is 13.2 Å².